The molecule has 2 amide bonds. The molecule has 1 aromatic carbocycles. The number of likely N-dealkylation sites (tertiary alicyclic amines) is 1. The van der Waals surface area contributed by atoms with Gasteiger partial charge in [-0.25, -0.2) is 4.79 Å². The van der Waals surface area contributed by atoms with E-state index in [1.54, 1.807) is 27.7 Å². The molecule has 1 saturated heterocycles. The van der Waals surface area contributed by atoms with Crippen LogP contribution in [-0.4, -0.2) is 70.3 Å². The third-order valence-corrected chi connectivity index (χ3v) is 4.35. The molecule has 2 rings (SSSR count). The topological polar surface area (TPSA) is 96.4 Å². The van der Waals surface area contributed by atoms with Crippen LogP contribution in [0.1, 0.15) is 39.7 Å². The van der Waals surface area contributed by atoms with Gasteiger partial charge < -0.3 is 19.5 Å². The first-order chi connectivity index (χ1) is 13.6. The van der Waals surface area contributed by atoms with Gasteiger partial charge in [0.15, 0.2) is 0 Å². The third-order valence-electron chi connectivity index (χ3n) is 4.35. The number of aliphatic hydroxyl groups is 1. The minimum absolute atomic E-state index is 0.00387. The molecule has 1 fully saturated rings. The van der Waals surface area contributed by atoms with Crippen LogP contribution in [-0.2, 0) is 25.6 Å². The molecule has 160 valence electrons. The van der Waals surface area contributed by atoms with Crippen LogP contribution in [0.15, 0.2) is 30.3 Å². The van der Waals surface area contributed by atoms with Crippen molar-refractivity contribution < 1.29 is 29.0 Å². The van der Waals surface area contributed by atoms with E-state index in [2.05, 4.69) is 0 Å². The van der Waals surface area contributed by atoms with E-state index in [9.17, 15) is 19.5 Å². The van der Waals surface area contributed by atoms with Gasteiger partial charge in [-0.2, -0.15) is 0 Å². The highest BCUT2D eigenvalue weighted by atomic mass is 16.6. The van der Waals surface area contributed by atoms with Crippen molar-refractivity contribution in [2.24, 2.45) is 0 Å². The summed E-state index contributed by atoms with van der Waals surface area (Å²) in [7, 11) is 0. The van der Waals surface area contributed by atoms with Crippen LogP contribution < -0.4 is 0 Å². The zero-order valence-electron chi connectivity index (χ0n) is 17.5. The van der Waals surface area contributed by atoms with Gasteiger partial charge in [-0.05, 0) is 33.3 Å². The fraction of sp³-hybridized carbons (Fsp3) is 0.571. The fourth-order valence-corrected chi connectivity index (χ4v) is 3.16. The predicted octanol–water partition coefficient (Wildman–Crippen LogP) is 1.95. The number of carbonyl (C=O) groups excluding carboxylic acids is 3. The molecule has 0 saturated carbocycles. The Morgan fingerprint density at radius 1 is 1.21 bits per heavy atom. The molecule has 1 N–H and O–H groups in total. The van der Waals surface area contributed by atoms with E-state index in [4.69, 9.17) is 9.47 Å². The normalized spacial score (nSPS) is 19.0. The number of nitrogens with zero attached hydrogens (tertiary/aromatic N) is 2. The molecule has 0 aliphatic carbocycles. The Hall–Kier alpha value is -2.61. The van der Waals surface area contributed by atoms with Crippen LogP contribution in [0.3, 0.4) is 0 Å². The quantitative estimate of drug-likeness (QED) is 0.726. The second kappa shape index (κ2) is 9.73. The molecule has 1 aromatic rings. The van der Waals surface area contributed by atoms with Crippen LogP contribution in [0.2, 0.25) is 0 Å². The smallest absolute Gasteiger partial charge is 0.411 e. The number of ether oxygens (including phenoxy) is 2. The van der Waals surface area contributed by atoms with Crippen molar-refractivity contribution in [3.63, 3.8) is 0 Å². The summed E-state index contributed by atoms with van der Waals surface area (Å²) in [6.45, 7) is 7.05. The summed E-state index contributed by atoms with van der Waals surface area (Å²) < 4.78 is 10.4. The van der Waals surface area contributed by atoms with Crippen molar-refractivity contribution in [2.75, 3.05) is 19.7 Å². The predicted molar refractivity (Wildman–Crippen MR) is 106 cm³/mol. The maximum atomic E-state index is 13.3. The molecule has 8 nitrogen and oxygen atoms in total. The van der Waals surface area contributed by atoms with Crippen LogP contribution >= 0.6 is 0 Å². The number of benzene rings is 1. The number of esters is 1. The highest BCUT2D eigenvalue weighted by Gasteiger charge is 2.42. The highest BCUT2D eigenvalue weighted by Crippen LogP contribution is 2.24. The Kier molecular flexibility index (Phi) is 7.61. The fourth-order valence-electron chi connectivity index (χ4n) is 3.16. The molecule has 2 atom stereocenters. The molecule has 0 radical (unpaired) electrons. The summed E-state index contributed by atoms with van der Waals surface area (Å²) in [4.78, 5) is 40.5. The molecular weight excluding hydrogens is 376 g/mol. The van der Waals surface area contributed by atoms with Gasteiger partial charge in [-0.3, -0.25) is 14.5 Å². The molecule has 1 aliphatic rings. The van der Waals surface area contributed by atoms with Gasteiger partial charge in [-0.1, -0.05) is 30.3 Å². The lowest BCUT2D eigenvalue weighted by Gasteiger charge is -2.31. The summed E-state index contributed by atoms with van der Waals surface area (Å²) >= 11 is 0. The Morgan fingerprint density at radius 2 is 1.86 bits per heavy atom. The molecule has 8 heteroatoms. The number of rotatable bonds is 6. The Balaban J connectivity index is 2.22. The highest BCUT2D eigenvalue weighted by molar-refractivity contribution is 5.89. The summed E-state index contributed by atoms with van der Waals surface area (Å²) in [6.07, 6.45) is -1.41. The molecule has 0 bridgehead atoms. The lowest BCUT2D eigenvalue weighted by Crippen LogP contribution is -2.50. The zero-order chi connectivity index (χ0) is 21.6. The lowest BCUT2D eigenvalue weighted by atomic mass is 10.1. The maximum absolute atomic E-state index is 13.3. The van der Waals surface area contributed by atoms with Crippen LogP contribution in [0, 0.1) is 0 Å². The monoisotopic (exact) mass is 406 g/mol. The molecule has 0 spiro atoms. The average Bonchev–Trinajstić information content (AvgIpc) is 3.02. The van der Waals surface area contributed by atoms with Crippen molar-refractivity contribution in [3.8, 4) is 0 Å². The molecule has 2 unspecified atom stereocenters. The van der Waals surface area contributed by atoms with Gasteiger partial charge in [0.2, 0.25) is 5.91 Å². The van der Waals surface area contributed by atoms with Gasteiger partial charge >= 0.3 is 12.1 Å². The number of hydrogen-bond donors (Lipinski definition) is 1. The van der Waals surface area contributed by atoms with Crippen molar-refractivity contribution >= 4 is 18.0 Å². The molecule has 1 aliphatic heterocycles. The lowest BCUT2D eigenvalue weighted by molar-refractivity contribution is -0.150. The second-order valence-electron chi connectivity index (χ2n) is 8.02. The van der Waals surface area contributed by atoms with E-state index in [-0.39, 0.29) is 32.7 Å². The summed E-state index contributed by atoms with van der Waals surface area (Å²) in [6, 6.07) is 8.33. The minimum atomic E-state index is -0.905. The van der Waals surface area contributed by atoms with E-state index >= 15 is 0 Å². The van der Waals surface area contributed by atoms with Gasteiger partial charge in [0.25, 0.3) is 0 Å². The van der Waals surface area contributed by atoms with Gasteiger partial charge in [0, 0.05) is 13.0 Å². The Bertz CT molecular complexity index is 716. The van der Waals surface area contributed by atoms with E-state index in [1.807, 2.05) is 30.3 Å². The second-order valence-corrected chi connectivity index (χ2v) is 8.02. The standard InChI is InChI=1S/C21H30N2O6/c1-5-28-18(25)14-22(12-15-9-7-6-8-10-15)19(26)17-11-16(24)13-23(17)20(27)29-21(2,3)4/h6-10,16-17,24H,5,11-14H2,1-4H3. The van der Waals surface area contributed by atoms with Crippen LogP contribution in [0.25, 0.3) is 0 Å². The number of carbonyl (C=O) groups is 3. The van der Waals surface area contributed by atoms with E-state index in [0.29, 0.717) is 0 Å². The van der Waals surface area contributed by atoms with Gasteiger partial charge in [0.1, 0.15) is 18.2 Å². The maximum Gasteiger partial charge on any atom is 0.411 e. The average molecular weight is 406 g/mol. The number of aliphatic hydroxyl groups excluding tert-OH is 1. The summed E-state index contributed by atoms with van der Waals surface area (Å²) in [5.41, 5.74) is 0.111. The third kappa shape index (κ3) is 6.74. The number of hydrogen-bond acceptors (Lipinski definition) is 6. The summed E-state index contributed by atoms with van der Waals surface area (Å²) in [5, 5.41) is 10.1. The van der Waals surface area contributed by atoms with Crippen molar-refractivity contribution in [1.82, 2.24) is 9.80 Å². The Labute approximate surface area is 171 Å². The molecule has 0 aromatic heterocycles. The molecule has 1 heterocycles. The molecular formula is C21H30N2O6. The van der Waals surface area contributed by atoms with Crippen molar-refractivity contribution in [2.45, 2.75) is 58.4 Å². The largest absolute Gasteiger partial charge is 0.465 e. The molecule has 29 heavy (non-hydrogen) atoms. The first-order valence-electron chi connectivity index (χ1n) is 9.76. The van der Waals surface area contributed by atoms with Gasteiger partial charge in [0.05, 0.1) is 19.3 Å². The SMILES string of the molecule is CCOC(=O)CN(Cc1ccccc1)C(=O)C1CC(O)CN1C(=O)OC(C)(C)C. The first-order valence-corrected chi connectivity index (χ1v) is 9.76. The van der Waals surface area contributed by atoms with E-state index < -0.39 is 35.7 Å². The van der Waals surface area contributed by atoms with E-state index in [1.165, 1.54) is 9.80 Å². The minimum Gasteiger partial charge on any atom is -0.465 e. The summed E-state index contributed by atoms with van der Waals surface area (Å²) in [5.74, 6) is -0.955. The Morgan fingerprint density at radius 3 is 2.45 bits per heavy atom. The van der Waals surface area contributed by atoms with Crippen LogP contribution in [0.5, 0.6) is 0 Å². The zero-order valence-corrected chi connectivity index (χ0v) is 17.5. The van der Waals surface area contributed by atoms with E-state index in [0.717, 1.165) is 5.56 Å². The number of β-amino-alcohol motifs (C(OH)–C–C–N with tert-alkyl or cyclic N) is 1. The van der Waals surface area contributed by atoms with Crippen molar-refractivity contribution in [1.29, 1.82) is 0 Å². The van der Waals surface area contributed by atoms with Crippen molar-refractivity contribution in [3.05, 3.63) is 35.9 Å². The van der Waals surface area contributed by atoms with Gasteiger partial charge in [-0.15, -0.1) is 0 Å². The number of amides is 2. The first kappa shape index (κ1) is 22.7. The van der Waals surface area contributed by atoms with Crippen LogP contribution in [0.4, 0.5) is 4.79 Å².